The van der Waals surface area contributed by atoms with E-state index >= 15 is 0 Å². The lowest BCUT2D eigenvalue weighted by atomic mass is 9.94. The van der Waals surface area contributed by atoms with Gasteiger partial charge in [-0.1, -0.05) is 18.2 Å². The van der Waals surface area contributed by atoms with E-state index in [2.05, 4.69) is 21.8 Å². The fourth-order valence-electron chi connectivity index (χ4n) is 4.22. The Hall–Kier alpha value is -2.35. The second-order valence-electron chi connectivity index (χ2n) is 7.54. The maximum absolute atomic E-state index is 14.2. The number of methoxy groups -OCH3 is 2. The van der Waals surface area contributed by atoms with Gasteiger partial charge in [-0.3, -0.25) is 10.3 Å². The Balaban J connectivity index is 1.51. The number of nitrogens with zero attached hydrogens (tertiary/aromatic N) is 1. The van der Waals surface area contributed by atoms with Crippen LogP contribution >= 0.6 is 0 Å². The average molecular weight is 401 g/mol. The highest BCUT2D eigenvalue weighted by atomic mass is 19.1. The van der Waals surface area contributed by atoms with Gasteiger partial charge in [0.25, 0.3) is 0 Å². The van der Waals surface area contributed by atoms with E-state index in [0.717, 1.165) is 55.2 Å². The van der Waals surface area contributed by atoms with Crippen LogP contribution in [0.1, 0.15) is 23.6 Å². The molecule has 6 nitrogen and oxygen atoms in total. The zero-order chi connectivity index (χ0) is 20.2. The second-order valence-corrected chi connectivity index (χ2v) is 7.54. The third-order valence-corrected chi connectivity index (χ3v) is 5.66. The van der Waals surface area contributed by atoms with Gasteiger partial charge >= 0.3 is 0 Å². The van der Waals surface area contributed by atoms with E-state index < -0.39 is 0 Å². The van der Waals surface area contributed by atoms with Crippen molar-refractivity contribution < 1.29 is 18.6 Å². The van der Waals surface area contributed by atoms with E-state index in [4.69, 9.17) is 14.2 Å². The van der Waals surface area contributed by atoms with Crippen molar-refractivity contribution in [3.63, 3.8) is 0 Å². The van der Waals surface area contributed by atoms with E-state index in [1.54, 1.807) is 19.2 Å². The Bertz CT molecular complexity index is 848. The Kier molecular flexibility index (Phi) is 6.18. The predicted molar refractivity (Wildman–Crippen MR) is 109 cm³/mol. The molecule has 2 aromatic carbocycles. The first-order chi connectivity index (χ1) is 14.2. The molecule has 29 heavy (non-hydrogen) atoms. The summed E-state index contributed by atoms with van der Waals surface area (Å²) in [6, 6.07) is 11.3. The number of benzene rings is 2. The van der Waals surface area contributed by atoms with Crippen LogP contribution in [0.25, 0.3) is 0 Å². The Morgan fingerprint density at radius 3 is 2.83 bits per heavy atom. The van der Waals surface area contributed by atoms with Gasteiger partial charge in [-0.05, 0) is 30.2 Å². The van der Waals surface area contributed by atoms with Crippen LogP contribution in [0, 0.1) is 11.7 Å². The highest BCUT2D eigenvalue weighted by molar-refractivity contribution is 5.46. The summed E-state index contributed by atoms with van der Waals surface area (Å²) in [5, 5.41) is 0. The summed E-state index contributed by atoms with van der Waals surface area (Å²) in [5.74, 6) is 1.88. The van der Waals surface area contributed by atoms with Gasteiger partial charge in [0.15, 0.2) is 23.1 Å². The lowest BCUT2D eigenvalue weighted by Crippen LogP contribution is -2.35. The Morgan fingerprint density at radius 2 is 2.03 bits per heavy atom. The molecule has 2 aliphatic heterocycles. The van der Waals surface area contributed by atoms with Crippen LogP contribution < -0.4 is 25.1 Å². The summed E-state index contributed by atoms with van der Waals surface area (Å²) >= 11 is 0. The van der Waals surface area contributed by atoms with Crippen LogP contribution in [-0.2, 0) is 6.54 Å². The van der Waals surface area contributed by atoms with E-state index in [0.29, 0.717) is 12.5 Å². The summed E-state index contributed by atoms with van der Waals surface area (Å²) in [6.45, 7) is 4.15. The average Bonchev–Trinajstić information content (AvgIpc) is 3.17. The van der Waals surface area contributed by atoms with Crippen LogP contribution in [0.15, 0.2) is 36.4 Å². The van der Waals surface area contributed by atoms with Gasteiger partial charge < -0.3 is 14.2 Å². The molecule has 156 valence electrons. The molecule has 2 aromatic rings. The molecule has 1 fully saturated rings. The van der Waals surface area contributed by atoms with Crippen LogP contribution in [0.3, 0.4) is 0 Å². The molecule has 0 radical (unpaired) electrons. The molecule has 0 amide bonds. The molecule has 0 aliphatic carbocycles. The van der Waals surface area contributed by atoms with Crippen molar-refractivity contribution in [2.45, 2.75) is 19.0 Å². The third-order valence-electron chi connectivity index (χ3n) is 5.66. The third kappa shape index (κ3) is 4.32. The standard InChI is InChI=1S/C22H28FN3O3/c1-27-19-8-7-15(11-18(19)23)21-17(12-24-25-21)14-26-9-4-10-29-22-16(13-26)5-3-6-20(22)28-2/h3,5-8,11,17,21,24-25H,4,9-10,12-14H2,1-2H3. The molecule has 0 spiro atoms. The Labute approximate surface area is 170 Å². The quantitative estimate of drug-likeness (QED) is 0.804. The number of para-hydroxylation sites is 1. The number of rotatable bonds is 5. The monoisotopic (exact) mass is 401 g/mol. The van der Waals surface area contributed by atoms with Crippen molar-refractivity contribution in [3.8, 4) is 17.2 Å². The molecule has 2 unspecified atom stereocenters. The van der Waals surface area contributed by atoms with Crippen molar-refractivity contribution in [1.29, 1.82) is 0 Å². The van der Waals surface area contributed by atoms with Crippen molar-refractivity contribution in [2.24, 2.45) is 5.92 Å². The number of fused-ring (bicyclic) bond motifs is 1. The maximum Gasteiger partial charge on any atom is 0.165 e. The lowest BCUT2D eigenvalue weighted by Gasteiger charge is -2.30. The van der Waals surface area contributed by atoms with Crippen LogP contribution in [-0.4, -0.2) is 45.4 Å². The molecular formula is C22H28FN3O3. The van der Waals surface area contributed by atoms with Gasteiger partial charge in [0.2, 0.25) is 0 Å². The highest BCUT2D eigenvalue weighted by Gasteiger charge is 2.31. The summed E-state index contributed by atoms with van der Waals surface area (Å²) in [5.41, 5.74) is 8.62. The van der Waals surface area contributed by atoms with Crippen LogP contribution in [0.4, 0.5) is 4.39 Å². The van der Waals surface area contributed by atoms with Gasteiger partial charge in [-0.25, -0.2) is 9.82 Å². The summed E-state index contributed by atoms with van der Waals surface area (Å²) in [4.78, 5) is 2.45. The van der Waals surface area contributed by atoms with Gasteiger partial charge in [-0.2, -0.15) is 0 Å². The van der Waals surface area contributed by atoms with Crippen molar-refractivity contribution in [1.82, 2.24) is 15.8 Å². The zero-order valence-corrected chi connectivity index (χ0v) is 16.9. The fraction of sp³-hybridized carbons (Fsp3) is 0.455. The minimum absolute atomic E-state index is 0.0434. The maximum atomic E-state index is 14.2. The van der Waals surface area contributed by atoms with Crippen LogP contribution in [0.5, 0.6) is 17.2 Å². The highest BCUT2D eigenvalue weighted by Crippen LogP contribution is 2.34. The van der Waals surface area contributed by atoms with E-state index in [1.165, 1.54) is 7.11 Å². The normalized spacial score (nSPS) is 22.3. The molecule has 4 rings (SSSR count). The predicted octanol–water partition coefficient (Wildman–Crippen LogP) is 2.89. The number of halogens is 1. The fourth-order valence-corrected chi connectivity index (χ4v) is 4.22. The first-order valence-electron chi connectivity index (χ1n) is 10.0. The molecule has 2 heterocycles. The van der Waals surface area contributed by atoms with Gasteiger partial charge in [-0.15, -0.1) is 0 Å². The van der Waals surface area contributed by atoms with Crippen molar-refractivity contribution in [3.05, 3.63) is 53.3 Å². The smallest absolute Gasteiger partial charge is 0.165 e. The van der Waals surface area contributed by atoms with Gasteiger partial charge in [0, 0.05) is 37.7 Å². The van der Waals surface area contributed by atoms with E-state index in [1.807, 2.05) is 18.2 Å². The first kappa shape index (κ1) is 19.9. The molecule has 0 saturated carbocycles. The molecular weight excluding hydrogens is 373 g/mol. The van der Waals surface area contributed by atoms with Gasteiger partial charge in [0.05, 0.1) is 26.9 Å². The zero-order valence-electron chi connectivity index (χ0n) is 16.9. The number of ether oxygens (including phenoxy) is 3. The topological polar surface area (TPSA) is 55.0 Å². The molecule has 7 heteroatoms. The number of hydrogen-bond acceptors (Lipinski definition) is 6. The summed E-state index contributed by atoms with van der Waals surface area (Å²) < 4.78 is 30.7. The minimum atomic E-state index is -0.332. The Morgan fingerprint density at radius 1 is 1.17 bits per heavy atom. The second kappa shape index (κ2) is 8.98. The number of nitrogens with one attached hydrogen (secondary N) is 2. The minimum Gasteiger partial charge on any atom is -0.494 e. The van der Waals surface area contributed by atoms with Crippen LogP contribution in [0.2, 0.25) is 0 Å². The van der Waals surface area contributed by atoms with Gasteiger partial charge in [0.1, 0.15) is 0 Å². The number of hydrazine groups is 1. The lowest BCUT2D eigenvalue weighted by molar-refractivity contribution is 0.177. The molecule has 2 atom stereocenters. The summed E-state index contributed by atoms with van der Waals surface area (Å²) in [7, 11) is 3.15. The molecule has 0 bridgehead atoms. The molecule has 0 aromatic heterocycles. The molecule has 2 aliphatic rings. The van der Waals surface area contributed by atoms with Crippen molar-refractivity contribution in [2.75, 3.05) is 40.5 Å². The van der Waals surface area contributed by atoms with E-state index in [9.17, 15) is 4.39 Å². The summed E-state index contributed by atoms with van der Waals surface area (Å²) in [6.07, 6.45) is 0.951. The SMILES string of the molecule is COc1ccc(C2NNCC2CN2CCCOc3c(cccc3OC)C2)cc1F. The first-order valence-corrected chi connectivity index (χ1v) is 10.0. The molecule has 1 saturated heterocycles. The largest absolute Gasteiger partial charge is 0.494 e. The molecule has 2 N–H and O–H groups in total. The van der Waals surface area contributed by atoms with E-state index in [-0.39, 0.29) is 17.6 Å². The van der Waals surface area contributed by atoms with Crippen molar-refractivity contribution >= 4 is 0 Å². The number of hydrogen-bond donors (Lipinski definition) is 2.